The second-order valence-corrected chi connectivity index (χ2v) is 2.96. The van der Waals surface area contributed by atoms with Gasteiger partial charge in [0.1, 0.15) is 0 Å². The fraction of sp³-hybridized carbons (Fsp3) is 0. The van der Waals surface area contributed by atoms with Crippen LogP contribution >= 0.6 is 0 Å². The predicted octanol–water partition coefficient (Wildman–Crippen LogP) is 0.761. The third-order valence-corrected chi connectivity index (χ3v) is 1.04. The van der Waals surface area contributed by atoms with Gasteiger partial charge in [-0.1, -0.05) is 43.0 Å². The van der Waals surface area contributed by atoms with Crippen molar-refractivity contribution in [3.05, 3.63) is 42.5 Å². The molecule has 0 spiro atoms. The molecule has 0 radical (unpaired) electrons. The molecule has 0 atom stereocenters. The molecule has 0 aromatic heterocycles. The summed E-state index contributed by atoms with van der Waals surface area (Å²) >= 11 is 0. The SMILES string of the molecule is C=Cc1ccccc1.O=S(=O)(O)O.[MgH2]. The molecule has 0 saturated carbocycles. The zero-order valence-electron chi connectivity index (χ0n) is 6.79. The van der Waals surface area contributed by atoms with Gasteiger partial charge in [-0.15, -0.1) is 0 Å². The van der Waals surface area contributed by atoms with Crippen molar-refractivity contribution in [2.24, 2.45) is 0 Å². The Morgan fingerprint density at radius 2 is 1.50 bits per heavy atom. The number of benzene rings is 1. The molecule has 0 amide bonds. The summed E-state index contributed by atoms with van der Waals surface area (Å²) in [5.41, 5.74) is 1.17. The van der Waals surface area contributed by atoms with Crippen molar-refractivity contribution in [2.75, 3.05) is 0 Å². The van der Waals surface area contributed by atoms with Crippen LogP contribution in [0, 0.1) is 0 Å². The molecule has 0 fully saturated rings. The monoisotopic (exact) mass is 228 g/mol. The highest BCUT2D eigenvalue weighted by atomic mass is 32.3. The molecule has 6 heteroatoms. The van der Waals surface area contributed by atoms with Crippen LogP contribution in [0.4, 0.5) is 0 Å². The molecule has 2 N–H and O–H groups in total. The minimum Gasteiger partial charge on any atom is -0.264 e. The second kappa shape index (κ2) is 7.95. The van der Waals surface area contributed by atoms with Gasteiger partial charge in [-0.3, -0.25) is 9.11 Å². The van der Waals surface area contributed by atoms with Gasteiger partial charge in [0.25, 0.3) is 0 Å². The van der Waals surface area contributed by atoms with Crippen molar-refractivity contribution in [2.45, 2.75) is 0 Å². The van der Waals surface area contributed by atoms with E-state index in [0.29, 0.717) is 0 Å². The molecule has 1 rings (SSSR count). The van der Waals surface area contributed by atoms with E-state index in [4.69, 9.17) is 17.5 Å². The fourth-order valence-corrected chi connectivity index (χ4v) is 0.589. The van der Waals surface area contributed by atoms with Crippen LogP contribution in [0.3, 0.4) is 0 Å². The first-order valence-corrected chi connectivity index (χ1v) is 4.70. The second-order valence-electron chi connectivity index (χ2n) is 2.06. The van der Waals surface area contributed by atoms with E-state index in [1.165, 1.54) is 5.56 Å². The molecule has 4 nitrogen and oxygen atoms in total. The number of rotatable bonds is 1. The first-order valence-electron chi connectivity index (χ1n) is 3.31. The Labute approximate surface area is 99.4 Å². The molecule has 76 valence electrons. The van der Waals surface area contributed by atoms with E-state index in [2.05, 4.69) is 6.58 Å². The topological polar surface area (TPSA) is 74.6 Å². The highest BCUT2D eigenvalue weighted by Gasteiger charge is 1.84. The molecule has 1 aromatic rings. The van der Waals surface area contributed by atoms with Crippen molar-refractivity contribution in [1.82, 2.24) is 0 Å². The van der Waals surface area contributed by atoms with E-state index in [0.717, 1.165) is 0 Å². The smallest absolute Gasteiger partial charge is 0.264 e. The lowest BCUT2D eigenvalue weighted by atomic mass is 10.2. The van der Waals surface area contributed by atoms with Gasteiger partial charge in [-0.05, 0) is 5.56 Å². The van der Waals surface area contributed by atoms with Gasteiger partial charge in [0.15, 0.2) is 0 Å². The van der Waals surface area contributed by atoms with E-state index in [1.807, 2.05) is 36.4 Å². The van der Waals surface area contributed by atoms with Crippen LogP contribution in [0.1, 0.15) is 5.56 Å². The fourth-order valence-electron chi connectivity index (χ4n) is 0.589. The molecule has 0 aliphatic carbocycles. The first kappa shape index (κ1) is 16.0. The Kier molecular flexibility index (Phi) is 9.11. The van der Waals surface area contributed by atoms with Gasteiger partial charge in [-0.25, -0.2) is 0 Å². The molecule has 0 unspecified atom stereocenters. The van der Waals surface area contributed by atoms with E-state index in [9.17, 15) is 0 Å². The summed E-state index contributed by atoms with van der Waals surface area (Å²) in [6.45, 7) is 3.63. The molecule has 0 bridgehead atoms. The molecule has 0 aliphatic heterocycles. The maximum absolute atomic E-state index is 8.74. The average molecular weight is 229 g/mol. The molecule has 0 saturated heterocycles. The minimum absolute atomic E-state index is 0. The normalized spacial score (nSPS) is 9.00. The quantitative estimate of drug-likeness (QED) is 0.550. The van der Waals surface area contributed by atoms with Crippen LogP contribution in [-0.4, -0.2) is 40.6 Å². The summed E-state index contributed by atoms with van der Waals surface area (Å²) < 4.78 is 31.6. The van der Waals surface area contributed by atoms with Crippen LogP contribution in [0.25, 0.3) is 6.08 Å². The largest absolute Gasteiger partial charge is 0.394 e. The third kappa shape index (κ3) is 14.1. The van der Waals surface area contributed by atoms with Crippen LogP contribution in [0.2, 0.25) is 0 Å². The lowest BCUT2D eigenvalue weighted by Gasteiger charge is -1.85. The summed E-state index contributed by atoms with van der Waals surface area (Å²) in [5, 5.41) is 0. The summed E-state index contributed by atoms with van der Waals surface area (Å²) in [6.07, 6.45) is 1.83. The molecular weight excluding hydrogens is 216 g/mol. The summed E-state index contributed by atoms with van der Waals surface area (Å²) in [6, 6.07) is 10.0. The van der Waals surface area contributed by atoms with Crippen LogP contribution < -0.4 is 0 Å². The number of hydrogen-bond donors (Lipinski definition) is 2. The van der Waals surface area contributed by atoms with E-state index in [-0.39, 0.29) is 23.1 Å². The predicted molar refractivity (Wildman–Crippen MR) is 59.3 cm³/mol. The Balaban J connectivity index is 0. The first-order chi connectivity index (χ1) is 5.93. The maximum Gasteiger partial charge on any atom is 0.394 e. The van der Waals surface area contributed by atoms with E-state index >= 15 is 0 Å². The van der Waals surface area contributed by atoms with Crippen LogP contribution in [-0.2, 0) is 10.4 Å². The highest BCUT2D eigenvalue weighted by Crippen LogP contribution is 1.97. The van der Waals surface area contributed by atoms with Crippen LogP contribution in [0.5, 0.6) is 0 Å². The average Bonchev–Trinajstić information content (AvgIpc) is 2.03. The number of hydrogen-bond acceptors (Lipinski definition) is 2. The molecule has 14 heavy (non-hydrogen) atoms. The Bertz CT molecular complexity index is 339. The maximum atomic E-state index is 8.74. The summed E-state index contributed by atoms with van der Waals surface area (Å²) in [5.74, 6) is 0. The summed E-state index contributed by atoms with van der Waals surface area (Å²) in [4.78, 5) is 0. The van der Waals surface area contributed by atoms with Crippen molar-refractivity contribution < 1.29 is 17.5 Å². The van der Waals surface area contributed by atoms with Gasteiger partial charge >= 0.3 is 33.5 Å². The van der Waals surface area contributed by atoms with E-state index in [1.54, 1.807) is 0 Å². The Hall–Kier alpha value is -0.404. The Morgan fingerprint density at radius 1 is 1.14 bits per heavy atom. The minimum atomic E-state index is -4.67. The molecular formula is C8H12MgO4S. The van der Waals surface area contributed by atoms with Crippen molar-refractivity contribution in [3.63, 3.8) is 0 Å². The van der Waals surface area contributed by atoms with Crippen LogP contribution in [0.15, 0.2) is 36.9 Å². The lowest BCUT2D eigenvalue weighted by Crippen LogP contribution is -1.89. The lowest BCUT2D eigenvalue weighted by molar-refractivity contribution is 0.381. The van der Waals surface area contributed by atoms with Gasteiger partial charge in [0, 0.05) is 0 Å². The Morgan fingerprint density at radius 3 is 1.71 bits per heavy atom. The van der Waals surface area contributed by atoms with Crippen molar-refractivity contribution in [1.29, 1.82) is 0 Å². The van der Waals surface area contributed by atoms with Crippen molar-refractivity contribution in [3.8, 4) is 0 Å². The van der Waals surface area contributed by atoms with Gasteiger partial charge in [-0.2, -0.15) is 8.42 Å². The summed E-state index contributed by atoms with van der Waals surface area (Å²) in [7, 11) is -4.67. The van der Waals surface area contributed by atoms with Gasteiger partial charge in [0.2, 0.25) is 0 Å². The third-order valence-electron chi connectivity index (χ3n) is 1.04. The van der Waals surface area contributed by atoms with Gasteiger partial charge < -0.3 is 0 Å². The zero-order chi connectivity index (χ0) is 10.3. The zero-order valence-corrected chi connectivity index (χ0v) is 7.61. The molecule has 1 aromatic carbocycles. The van der Waals surface area contributed by atoms with Gasteiger partial charge in [0.05, 0.1) is 0 Å². The van der Waals surface area contributed by atoms with Crippen molar-refractivity contribution >= 4 is 39.5 Å². The highest BCUT2D eigenvalue weighted by molar-refractivity contribution is 7.79. The molecule has 0 heterocycles. The van der Waals surface area contributed by atoms with E-state index < -0.39 is 10.4 Å². The molecule has 0 aliphatic rings. The standard InChI is InChI=1S/C8H8.Mg.H2O4S.2H/c1-2-8-6-4-3-5-7-8;;1-5(2,3)4;;/h2-7H,1H2;;(H2,1,2,3,4);;.